The Morgan fingerprint density at radius 1 is 1.12 bits per heavy atom. The van der Waals surface area contributed by atoms with Gasteiger partial charge in [0.05, 0.1) is 0 Å². The van der Waals surface area contributed by atoms with Crippen LogP contribution in [0.15, 0.2) is 47.4 Å². The SMILES string of the molecule is O=c1ccc(CF)cn1-c1ccc(Cl)cc1. The quantitative estimate of drug-likeness (QED) is 0.787. The second-order valence-corrected chi connectivity index (χ2v) is 3.79. The number of nitrogens with zero attached hydrogens (tertiary/aromatic N) is 1. The fraction of sp³-hybridized carbons (Fsp3) is 0.0833. The Hall–Kier alpha value is -1.61. The van der Waals surface area contributed by atoms with E-state index in [1.165, 1.54) is 22.9 Å². The van der Waals surface area contributed by atoms with Gasteiger partial charge in [0, 0.05) is 23.0 Å². The fourth-order valence-corrected chi connectivity index (χ4v) is 1.54. The molecule has 0 fully saturated rings. The highest BCUT2D eigenvalue weighted by molar-refractivity contribution is 6.30. The summed E-state index contributed by atoms with van der Waals surface area (Å²) in [5, 5.41) is 0.596. The van der Waals surface area contributed by atoms with Crippen LogP contribution in [0.4, 0.5) is 4.39 Å². The molecule has 16 heavy (non-hydrogen) atoms. The number of aromatic nitrogens is 1. The lowest BCUT2D eigenvalue weighted by Crippen LogP contribution is -2.16. The van der Waals surface area contributed by atoms with Crippen LogP contribution in [0.3, 0.4) is 0 Å². The van der Waals surface area contributed by atoms with Crippen molar-refractivity contribution in [2.24, 2.45) is 0 Å². The Morgan fingerprint density at radius 3 is 2.44 bits per heavy atom. The smallest absolute Gasteiger partial charge is 0.255 e. The third-order valence-corrected chi connectivity index (χ3v) is 2.48. The highest BCUT2D eigenvalue weighted by atomic mass is 35.5. The highest BCUT2D eigenvalue weighted by Gasteiger charge is 2.01. The number of hydrogen-bond donors (Lipinski definition) is 0. The van der Waals surface area contributed by atoms with Gasteiger partial charge < -0.3 is 0 Å². The van der Waals surface area contributed by atoms with Crippen molar-refractivity contribution < 1.29 is 4.39 Å². The predicted octanol–water partition coefficient (Wildman–Crippen LogP) is 2.96. The molecule has 1 aromatic heterocycles. The van der Waals surface area contributed by atoms with Crippen LogP contribution in [0, 0.1) is 0 Å². The zero-order valence-corrected chi connectivity index (χ0v) is 9.12. The van der Waals surface area contributed by atoms with E-state index in [-0.39, 0.29) is 5.56 Å². The van der Waals surface area contributed by atoms with Crippen LogP contribution < -0.4 is 5.56 Å². The predicted molar refractivity (Wildman–Crippen MR) is 61.9 cm³/mol. The average Bonchev–Trinajstić information content (AvgIpc) is 2.31. The Balaban J connectivity index is 2.54. The van der Waals surface area contributed by atoms with Crippen molar-refractivity contribution in [1.82, 2.24) is 4.57 Å². The monoisotopic (exact) mass is 237 g/mol. The fourth-order valence-electron chi connectivity index (χ4n) is 1.41. The van der Waals surface area contributed by atoms with E-state index in [9.17, 15) is 9.18 Å². The maximum atomic E-state index is 12.5. The topological polar surface area (TPSA) is 22.0 Å². The van der Waals surface area contributed by atoms with Crippen molar-refractivity contribution >= 4 is 11.6 Å². The molecule has 0 aliphatic carbocycles. The average molecular weight is 238 g/mol. The largest absolute Gasteiger partial charge is 0.284 e. The minimum absolute atomic E-state index is 0.195. The Bertz CT molecular complexity index is 548. The van der Waals surface area contributed by atoms with Crippen molar-refractivity contribution in [2.75, 3.05) is 0 Å². The normalized spacial score (nSPS) is 10.4. The van der Waals surface area contributed by atoms with E-state index < -0.39 is 6.67 Å². The molecule has 1 aromatic carbocycles. The number of benzene rings is 1. The first-order valence-electron chi connectivity index (χ1n) is 4.74. The molecule has 0 saturated carbocycles. The number of halogens is 2. The molecule has 2 aromatic rings. The number of alkyl halides is 1. The zero-order chi connectivity index (χ0) is 11.5. The van der Waals surface area contributed by atoms with Crippen molar-refractivity contribution in [1.29, 1.82) is 0 Å². The van der Waals surface area contributed by atoms with Gasteiger partial charge in [0.2, 0.25) is 0 Å². The molecule has 0 N–H and O–H groups in total. The molecule has 0 amide bonds. The molecule has 0 aliphatic heterocycles. The molecule has 0 atom stereocenters. The van der Waals surface area contributed by atoms with Gasteiger partial charge >= 0.3 is 0 Å². The second kappa shape index (κ2) is 4.49. The summed E-state index contributed by atoms with van der Waals surface area (Å²) in [6, 6.07) is 9.63. The summed E-state index contributed by atoms with van der Waals surface area (Å²) in [4.78, 5) is 11.6. The minimum atomic E-state index is -0.589. The summed E-state index contributed by atoms with van der Waals surface area (Å²) in [5.74, 6) is 0. The van der Waals surface area contributed by atoms with Gasteiger partial charge in [0.1, 0.15) is 6.67 Å². The van der Waals surface area contributed by atoms with Gasteiger partial charge in [0.15, 0.2) is 0 Å². The van der Waals surface area contributed by atoms with Crippen LogP contribution in [-0.4, -0.2) is 4.57 Å². The van der Waals surface area contributed by atoms with Crippen LogP contribution in [0.25, 0.3) is 5.69 Å². The summed E-state index contributed by atoms with van der Waals surface area (Å²) in [7, 11) is 0. The number of rotatable bonds is 2. The third kappa shape index (κ3) is 2.14. The maximum absolute atomic E-state index is 12.5. The second-order valence-electron chi connectivity index (χ2n) is 3.36. The van der Waals surface area contributed by atoms with Gasteiger partial charge in [-0.15, -0.1) is 0 Å². The Kier molecular flexibility index (Phi) is 3.06. The van der Waals surface area contributed by atoms with E-state index in [2.05, 4.69) is 0 Å². The molecular weight excluding hydrogens is 229 g/mol. The third-order valence-electron chi connectivity index (χ3n) is 2.23. The number of hydrogen-bond acceptors (Lipinski definition) is 1. The van der Waals surface area contributed by atoms with Crippen molar-refractivity contribution in [3.8, 4) is 5.69 Å². The van der Waals surface area contributed by atoms with Crippen LogP contribution >= 0.6 is 11.6 Å². The lowest BCUT2D eigenvalue weighted by molar-refractivity contribution is 0.483. The van der Waals surface area contributed by atoms with Crippen LogP contribution in [-0.2, 0) is 6.67 Å². The molecule has 1 heterocycles. The molecule has 0 radical (unpaired) electrons. The van der Waals surface area contributed by atoms with Crippen LogP contribution in [0.2, 0.25) is 5.02 Å². The molecule has 0 unspecified atom stereocenters. The summed E-state index contributed by atoms with van der Waals surface area (Å²) >= 11 is 5.75. The molecule has 0 saturated heterocycles. The van der Waals surface area contributed by atoms with Crippen LogP contribution in [0.1, 0.15) is 5.56 Å². The summed E-state index contributed by atoms with van der Waals surface area (Å²) < 4.78 is 13.9. The molecule has 0 aliphatic rings. The van der Waals surface area contributed by atoms with Gasteiger partial charge in [-0.25, -0.2) is 4.39 Å². The molecule has 0 spiro atoms. The van der Waals surface area contributed by atoms with E-state index in [4.69, 9.17) is 11.6 Å². The Morgan fingerprint density at radius 2 is 1.81 bits per heavy atom. The summed E-state index contributed by atoms with van der Waals surface area (Å²) in [6.07, 6.45) is 1.49. The van der Waals surface area contributed by atoms with Gasteiger partial charge in [-0.2, -0.15) is 0 Å². The first kappa shape index (κ1) is 10.9. The van der Waals surface area contributed by atoms with Gasteiger partial charge in [0.25, 0.3) is 5.56 Å². The lowest BCUT2D eigenvalue weighted by Gasteiger charge is -2.06. The number of pyridine rings is 1. The van der Waals surface area contributed by atoms with E-state index in [0.717, 1.165) is 0 Å². The Labute approximate surface area is 96.9 Å². The standard InChI is InChI=1S/C12H9ClFNO/c13-10-2-4-11(5-3-10)15-8-9(7-14)1-6-12(15)16/h1-6,8H,7H2. The van der Waals surface area contributed by atoms with Crippen molar-refractivity contribution in [2.45, 2.75) is 6.67 Å². The van der Waals surface area contributed by atoms with E-state index in [0.29, 0.717) is 16.3 Å². The first-order chi connectivity index (χ1) is 7.70. The van der Waals surface area contributed by atoms with Gasteiger partial charge in [-0.1, -0.05) is 11.6 Å². The maximum Gasteiger partial charge on any atom is 0.255 e. The van der Waals surface area contributed by atoms with E-state index in [1.54, 1.807) is 24.3 Å². The van der Waals surface area contributed by atoms with E-state index in [1.807, 2.05) is 0 Å². The molecule has 0 bridgehead atoms. The zero-order valence-electron chi connectivity index (χ0n) is 8.36. The highest BCUT2D eigenvalue weighted by Crippen LogP contribution is 2.12. The van der Waals surface area contributed by atoms with Crippen LogP contribution in [0.5, 0.6) is 0 Å². The first-order valence-corrected chi connectivity index (χ1v) is 5.12. The molecule has 82 valence electrons. The minimum Gasteiger partial charge on any atom is -0.284 e. The van der Waals surface area contributed by atoms with Crippen molar-refractivity contribution in [3.63, 3.8) is 0 Å². The van der Waals surface area contributed by atoms with Gasteiger partial charge in [-0.3, -0.25) is 9.36 Å². The van der Waals surface area contributed by atoms with E-state index >= 15 is 0 Å². The molecule has 2 rings (SSSR count). The molecule has 4 heteroatoms. The molecular formula is C12H9ClFNO. The lowest BCUT2D eigenvalue weighted by atomic mass is 10.2. The molecule has 2 nitrogen and oxygen atoms in total. The van der Waals surface area contributed by atoms with Gasteiger partial charge in [-0.05, 0) is 35.9 Å². The summed E-state index contributed by atoms with van der Waals surface area (Å²) in [5.41, 5.74) is 0.943. The van der Waals surface area contributed by atoms with Crippen molar-refractivity contribution in [3.05, 3.63) is 63.5 Å². The summed E-state index contributed by atoms with van der Waals surface area (Å²) in [6.45, 7) is -0.589.